The second-order valence-electron chi connectivity index (χ2n) is 6.34. The van der Waals surface area contributed by atoms with Gasteiger partial charge in [-0.05, 0) is 43.4 Å². The second-order valence-corrected chi connectivity index (χ2v) is 8.65. The fourth-order valence-corrected chi connectivity index (χ4v) is 4.61. The molecule has 0 spiro atoms. The Morgan fingerprint density at radius 1 is 1.21 bits per heavy atom. The van der Waals surface area contributed by atoms with E-state index in [1.54, 1.807) is 0 Å². The van der Waals surface area contributed by atoms with Gasteiger partial charge in [0.2, 0.25) is 10.0 Å². The summed E-state index contributed by atoms with van der Waals surface area (Å²) in [6.07, 6.45) is 7.33. The molecule has 0 aromatic carbocycles. The molecule has 5 heteroatoms. The smallest absolute Gasteiger partial charge is 0.211 e. The molecule has 0 aromatic heterocycles. The van der Waals surface area contributed by atoms with Gasteiger partial charge >= 0.3 is 0 Å². The van der Waals surface area contributed by atoms with Crippen molar-refractivity contribution in [3.63, 3.8) is 0 Å². The first kappa shape index (κ1) is 17.3. The highest BCUT2D eigenvalue weighted by molar-refractivity contribution is 7.89. The molecule has 19 heavy (non-hydrogen) atoms. The van der Waals surface area contributed by atoms with E-state index in [0.29, 0.717) is 24.8 Å². The molecule has 0 saturated heterocycles. The van der Waals surface area contributed by atoms with Gasteiger partial charge in [-0.2, -0.15) is 0 Å². The zero-order chi connectivity index (χ0) is 14.4. The number of rotatable bonds is 9. The summed E-state index contributed by atoms with van der Waals surface area (Å²) in [6, 6.07) is 0. The van der Waals surface area contributed by atoms with Crippen LogP contribution in [0.2, 0.25) is 0 Å². The number of halogens is 1. The number of hydrogen-bond donors (Lipinski definition) is 1. The van der Waals surface area contributed by atoms with Crippen molar-refractivity contribution in [1.82, 2.24) is 4.72 Å². The van der Waals surface area contributed by atoms with Crippen LogP contribution in [-0.2, 0) is 10.0 Å². The topological polar surface area (TPSA) is 46.2 Å². The maximum Gasteiger partial charge on any atom is 0.211 e. The predicted octanol–water partition coefficient (Wildman–Crippen LogP) is 3.53. The second kappa shape index (κ2) is 7.84. The summed E-state index contributed by atoms with van der Waals surface area (Å²) in [5.41, 5.74) is 0.202. The normalized spacial score (nSPS) is 19.2. The Hall–Kier alpha value is 0.200. The molecule has 0 aromatic rings. The molecule has 1 aliphatic rings. The van der Waals surface area contributed by atoms with E-state index < -0.39 is 10.0 Å². The Bertz CT molecular complexity index is 348. The van der Waals surface area contributed by atoms with Crippen molar-refractivity contribution in [2.45, 2.75) is 58.8 Å². The summed E-state index contributed by atoms with van der Waals surface area (Å²) >= 11 is 5.58. The van der Waals surface area contributed by atoms with E-state index in [1.165, 1.54) is 12.8 Å². The third kappa shape index (κ3) is 6.46. The lowest BCUT2D eigenvalue weighted by atomic mass is 9.79. The van der Waals surface area contributed by atoms with Gasteiger partial charge in [0.1, 0.15) is 0 Å². The summed E-state index contributed by atoms with van der Waals surface area (Å²) in [4.78, 5) is 0. The highest BCUT2D eigenvalue weighted by Crippen LogP contribution is 2.42. The minimum Gasteiger partial charge on any atom is -0.215 e. The van der Waals surface area contributed by atoms with E-state index in [2.05, 4.69) is 18.6 Å². The van der Waals surface area contributed by atoms with Gasteiger partial charge < -0.3 is 0 Å². The lowest BCUT2D eigenvalue weighted by molar-refractivity contribution is 0.236. The van der Waals surface area contributed by atoms with Crippen LogP contribution in [0.25, 0.3) is 0 Å². The van der Waals surface area contributed by atoms with Gasteiger partial charge in [0.05, 0.1) is 5.75 Å². The third-order valence-electron chi connectivity index (χ3n) is 3.97. The summed E-state index contributed by atoms with van der Waals surface area (Å²) in [7, 11) is -3.12. The monoisotopic (exact) mass is 309 g/mol. The molecule has 0 radical (unpaired) electrons. The molecule has 0 atom stereocenters. The molecule has 1 saturated carbocycles. The van der Waals surface area contributed by atoms with Crippen LogP contribution in [0.5, 0.6) is 0 Å². The van der Waals surface area contributed by atoms with Crippen molar-refractivity contribution < 1.29 is 8.42 Å². The first-order chi connectivity index (χ1) is 8.89. The van der Waals surface area contributed by atoms with Crippen LogP contribution < -0.4 is 4.72 Å². The number of hydrogen-bond acceptors (Lipinski definition) is 2. The number of nitrogens with one attached hydrogen (secondary N) is 1. The minimum absolute atomic E-state index is 0.202. The van der Waals surface area contributed by atoms with Crippen LogP contribution in [0, 0.1) is 11.3 Å². The van der Waals surface area contributed by atoms with Crippen LogP contribution in [0.1, 0.15) is 58.8 Å². The van der Waals surface area contributed by atoms with Gasteiger partial charge in [0.25, 0.3) is 0 Å². The van der Waals surface area contributed by atoms with Crippen LogP contribution in [0.3, 0.4) is 0 Å². The fraction of sp³-hybridized carbons (Fsp3) is 1.00. The maximum atomic E-state index is 11.9. The average Bonchev–Trinajstić information content (AvgIpc) is 2.75. The molecule has 1 fully saturated rings. The lowest BCUT2D eigenvalue weighted by Gasteiger charge is -2.31. The Morgan fingerprint density at radius 2 is 1.84 bits per heavy atom. The van der Waals surface area contributed by atoms with E-state index in [0.717, 1.165) is 25.7 Å². The Labute approximate surface area is 123 Å². The molecular weight excluding hydrogens is 282 g/mol. The molecule has 3 nitrogen and oxygen atoms in total. The highest BCUT2D eigenvalue weighted by atomic mass is 35.5. The maximum absolute atomic E-state index is 11.9. The van der Waals surface area contributed by atoms with Crippen LogP contribution in [-0.4, -0.2) is 26.6 Å². The van der Waals surface area contributed by atoms with E-state index in [-0.39, 0.29) is 11.2 Å². The molecule has 0 amide bonds. The summed E-state index contributed by atoms with van der Waals surface area (Å²) in [5, 5.41) is 0. The van der Waals surface area contributed by atoms with Crippen molar-refractivity contribution in [3.8, 4) is 0 Å². The largest absolute Gasteiger partial charge is 0.215 e. The van der Waals surface area contributed by atoms with Gasteiger partial charge in [0.15, 0.2) is 0 Å². The van der Waals surface area contributed by atoms with E-state index >= 15 is 0 Å². The summed E-state index contributed by atoms with van der Waals surface area (Å²) in [6.45, 7) is 5.05. The van der Waals surface area contributed by atoms with Gasteiger partial charge in [-0.25, -0.2) is 13.1 Å². The fourth-order valence-electron chi connectivity index (χ4n) is 3.17. The summed E-state index contributed by atoms with van der Waals surface area (Å²) in [5.74, 6) is 1.36. The van der Waals surface area contributed by atoms with Crippen molar-refractivity contribution in [3.05, 3.63) is 0 Å². The third-order valence-corrected chi connectivity index (χ3v) is 5.65. The average molecular weight is 310 g/mol. The highest BCUT2D eigenvalue weighted by Gasteiger charge is 2.35. The lowest BCUT2D eigenvalue weighted by Crippen LogP contribution is -2.38. The molecule has 0 heterocycles. The first-order valence-corrected chi connectivity index (χ1v) is 9.61. The molecule has 114 valence electrons. The number of alkyl halides is 1. The molecule has 1 rings (SSSR count). The zero-order valence-electron chi connectivity index (χ0n) is 12.3. The Kier molecular flexibility index (Phi) is 7.12. The zero-order valence-corrected chi connectivity index (χ0v) is 13.8. The van der Waals surface area contributed by atoms with Crippen molar-refractivity contribution in [1.29, 1.82) is 0 Å². The SMILES string of the molecule is CC(C)CC1(CNS(=O)(=O)CCCCCl)CCCC1. The van der Waals surface area contributed by atoms with E-state index in [9.17, 15) is 8.42 Å². The van der Waals surface area contributed by atoms with Gasteiger partial charge in [-0.15, -0.1) is 11.6 Å². The van der Waals surface area contributed by atoms with Crippen LogP contribution in [0.15, 0.2) is 0 Å². The summed E-state index contributed by atoms with van der Waals surface area (Å²) < 4.78 is 26.7. The van der Waals surface area contributed by atoms with E-state index in [4.69, 9.17) is 11.6 Å². The van der Waals surface area contributed by atoms with Crippen LogP contribution >= 0.6 is 11.6 Å². The number of unbranched alkanes of at least 4 members (excludes halogenated alkanes) is 1. The van der Waals surface area contributed by atoms with Crippen molar-refractivity contribution in [2.24, 2.45) is 11.3 Å². The molecule has 0 bridgehead atoms. The standard InChI is InChI=1S/C14H28ClNO2S/c1-13(2)11-14(7-3-4-8-14)12-16-19(17,18)10-6-5-9-15/h13,16H,3-12H2,1-2H3. The predicted molar refractivity (Wildman–Crippen MR) is 82.1 cm³/mol. The quantitative estimate of drug-likeness (QED) is 0.523. The molecule has 0 unspecified atom stereocenters. The van der Waals surface area contributed by atoms with Crippen molar-refractivity contribution >= 4 is 21.6 Å². The molecule has 0 aliphatic heterocycles. The Morgan fingerprint density at radius 3 is 2.37 bits per heavy atom. The number of sulfonamides is 1. The first-order valence-electron chi connectivity index (χ1n) is 7.42. The molecular formula is C14H28ClNO2S. The molecule has 1 aliphatic carbocycles. The minimum atomic E-state index is -3.12. The van der Waals surface area contributed by atoms with Gasteiger partial charge in [0, 0.05) is 12.4 Å². The van der Waals surface area contributed by atoms with Crippen molar-refractivity contribution in [2.75, 3.05) is 18.2 Å². The van der Waals surface area contributed by atoms with E-state index in [1.807, 2.05) is 0 Å². The Balaban J connectivity index is 2.47. The molecule has 1 N–H and O–H groups in total. The van der Waals surface area contributed by atoms with Crippen LogP contribution in [0.4, 0.5) is 0 Å². The van der Waals surface area contributed by atoms with Gasteiger partial charge in [-0.3, -0.25) is 0 Å². The van der Waals surface area contributed by atoms with Gasteiger partial charge in [-0.1, -0.05) is 26.7 Å².